The zero-order valence-corrected chi connectivity index (χ0v) is 29.6. The van der Waals surface area contributed by atoms with Crippen molar-refractivity contribution in [3.8, 4) is 23.2 Å². The van der Waals surface area contributed by atoms with Crippen LogP contribution >= 0.6 is 11.3 Å². The molecule has 2 aromatic heterocycles. The number of nitrogen functional groups attached to an aromatic ring is 1. The van der Waals surface area contributed by atoms with Crippen LogP contribution in [0.4, 0.5) is 45.9 Å². The number of benzene rings is 2. The zero-order valence-electron chi connectivity index (χ0n) is 28.8. The van der Waals surface area contributed by atoms with E-state index in [1.165, 1.54) is 6.92 Å². The Morgan fingerprint density at radius 1 is 1.11 bits per heavy atom. The number of alkyl halides is 7. The smallest absolute Gasteiger partial charge is 0.419 e. The van der Waals surface area contributed by atoms with Gasteiger partial charge in [0.25, 0.3) is 0 Å². The van der Waals surface area contributed by atoms with Crippen LogP contribution in [-0.4, -0.2) is 82.3 Å². The fourth-order valence-electron chi connectivity index (χ4n) is 8.68. The SMILES string of the molecule is CC(=O)N1CC[C@H](N(c2nc(OC[C@@]34CCCN3C[C@H](F)C4)nc3c(C(F)(F)F)c(-c4ccc(F)c5sc(N)c(C#N)c45)c(C(F)(F)F)cc23)C2CC2)C1. The lowest BCUT2D eigenvalue weighted by molar-refractivity contribution is -0.141. The Kier molecular flexibility index (Phi) is 8.64. The number of hydrogen-bond acceptors (Lipinski definition) is 9. The second-order valence-electron chi connectivity index (χ2n) is 14.6. The number of ether oxygens (including phenoxy) is 1. The second-order valence-corrected chi connectivity index (χ2v) is 15.6. The van der Waals surface area contributed by atoms with Gasteiger partial charge < -0.3 is 20.3 Å². The van der Waals surface area contributed by atoms with Gasteiger partial charge in [0, 0.05) is 55.4 Å². The van der Waals surface area contributed by atoms with Gasteiger partial charge >= 0.3 is 18.4 Å². The first-order chi connectivity index (χ1) is 25.5. The molecular weight excluding hydrogens is 746 g/mol. The average Bonchev–Trinajstić information content (AvgIpc) is 3.37. The maximum absolute atomic E-state index is 15.7. The normalized spacial score (nSPS) is 23.4. The van der Waals surface area contributed by atoms with Gasteiger partial charge in [0.15, 0.2) is 0 Å². The molecule has 2 aromatic carbocycles. The summed E-state index contributed by atoms with van der Waals surface area (Å²) in [5, 5.41) is 8.58. The number of anilines is 2. The third-order valence-corrected chi connectivity index (χ3v) is 12.2. The number of thiophene rings is 1. The number of nitriles is 1. The monoisotopic (exact) mass is 779 g/mol. The molecule has 1 aliphatic carbocycles. The number of nitrogens with zero attached hydrogens (tertiary/aromatic N) is 6. The van der Waals surface area contributed by atoms with E-state index < -0.39 is 86.0 Å². The van der Waals surface area contributed by atoms with Gasteiger partial charge in [0.2, 0.25) is 5.91 Å². The number of nitrogens with two attached hydrogens (primary N) is 1. The molecule has 0 radical (unpaired) electrons. The maximum atomic E-state index is 15.7. The van der Waals surface area contributed by atoms with Crippen LogP contribution in [0.2, 0.25) is 0 Å². The van der Waals surface area contributed by atoms with Crippen LogP contribution in [0.1, 0.15) is 62.1 Å². The first kappa shape index (κ1) is 36.5. The molecule has 3 saturated heterocycles. The van der Waals surface area contributed by atoms with Crippen molar-refractivity contribution in [1.29, 1.82) is 5.26 Å². The number of amides is 1. The first-order valence-corrected chi connectivity index (χ1v) is 18.3. The van der Waals surface area contributed by atoms with E-state index in [0.717, 1.165) is 18.6 Å². The summed E-state index contributed by atoms with van der Waals surface area (Å²) in [5.41, 5.74) is -1.71. The molecule has 4 fully saturated rings. The summed E-state index contributed by atoms with van der Waals surface area (Å²) in [6.45, 7) is 2.48. The number of rotatable bonds is 7. The fraction of sp³-hybridized carbons (Fsp3) is 0.500. The second kappa shape index (κ2) is 12.8. The van der Waals surface area contributed by atoms with Crippen LogP contribution in [0.5, 0.6) is 6.01 Å². The standard InChI is InChI=1S/C36H33F8N7O2S/c1-17(52)49-10-7-20(15-49)51(19-3-4-19)32-22-11-24(35(39,40)41)27(21-5-6-25(38)30-26(21)23(13-45)31(46)54-30)28(36(42,43)44)29(22)47-33(48-32)53-16-34-8-2-9-50(34)14-18(37)12-34/h5-6,11,18-20H,2-4,7-10,12,14-16,46H2,1H3/t18-,20+,34+/m1/s1. The summed E-state index contributed by atoms with van der Waals surface area (Å²) in [6, 6.07) is 2.48. The molecule has 4 aliphatic rings. The summed E-state index contributed by atoms with van der Waals surface area (Å²) < 4.78 is 128. The van der Waals surface area contributed by atoms with Crippen molar-refractivity contribution in [3.63, 3.8) is 0 Å². The lowest BCUT2D eigenvalue weighted by Gasteiger charge is -2.33. The molecule has 18 heteroatoms. The molecule has 8 rings (SSSR count). The molecule has 9 nitrogen and oxygen atoms in total. The number of carbonyl (C=O) groups excluding carboxylic acids is 1. The molecule has 1 saturated carbocycles. The predicted octanol–water partition coefficient (Wildman–Crippen LogP) is 7.69. The lowest BCUT2D eigenvalue weighted by Crippen LogP contribution is -2.43. The Morgan fingerprint density at radius 3 is 2.52 bits per heavy atom. The van der Waals surface area contributed by atoms with Crippen LogP contribution in [0.25, 0.3) is 32.1 Å². The van der Waals surface area contributed by atoms with Gasteiger partial charge in [-0.2, -0.15) is 41.6 Å². The Hall–Kier alpha value is -4.50. The highest BCUT2D eigenvalue weighted by molar-refractivity contribution is 7.23. The van der Waals surface area contributed by atoms with Gasteiger partial charge in [-0.3, -0.25) is 9.69 Å². The number of hydrogen-bond donors (Lipinski definition) is 1. The molecular formula is C36H33F8N7O2S. The molecule has 0 unspecified atom stereocenters. The minimum absolute atomic E-state index is 0.128. The minimum atomic E-state index is -5.50. The molecule has 3 atom stereocenters. The maximum Gasteiger partial charge on any atom is 0.419 e. The number of carbonyl (C=O) groups is 1. The third-order valence-electron chi connectivity index (χ3n) is 11.2. The molecule has 5 heterocycles. The van der Waals surface area contributed by atoms with E-state index in [-0.39, 0.29) is 53.6 Å². The Labute approximate surface area is 307 Å². The van der Waals surface area contributed by atoms with E-state index in [1.54, 1.807) is 15.9 Å². The largest absolute Gasteiger partial charge is 0.461 e. The topological polar surface area (TPSA) is 112 Å². The van der Waals surface area contributed by atoms with E-state index in [0.29, 0.717) is 56.2 Å². The molecule has 0 bridgehead atoms. The van der Waals surface area contributed by atoms with E-state index in [9.17, 15) is 14.4 Å². The van der Waals surface area contributed by atoms with Gasteiger partial charge in [-0.25, -0.2) is 8.78 Å². The van der Waals surface area contributed by atoms with Gasteiger partial charge in [-0.1, -0.05) is 6.07 Å². The average molecular weight is 780 g/mol. The van der Waals surface area contributed by atoms with Crippen LogP contribution in [0.15, 0.2) is 18.2 Å². The van der Waals surface area contributed by atoms with Crippen molar-refractivity contribution in [3.05, 3.63) is 40.7 Å². The first-order valence-electron chi connectivity index (χ1n) is 17.5. The van der Waals surface area contributed by atoms with E-state index in [2.05, 4.69) is 9.97 Å². The molecule has 0 spiro atoms. The molecule has 4 aromatic rings. The van der Waals surface area contributed by atoms with Crippen LogP contribution in [0, 0.1) is 17.1 Å². The Balaban J connectivity index is 1.42. The molecule has 54 heavy (non-hydrogen) atoms. The van der Waals surface area contributed by atoms with Gasteiger partial charge in [0.05, 0.1) is 38.5 Å². The van der Waals surface area contributed by atoms with Gasteiger partial charge in [0.1, 0.15) is 35.5 Å². The van der Waals surface area contributed by atoms with Crippen LogP contribution in [-0.2, 0) is 17.1 Å². The lowest BCUT2D eigenvalue weighted by atomic mass is 9.88. The third kappa shape index (κ3) is 6.03. The van der Waals surface area contributed by atoms with Gasteiger partial charge in [-0.05, 0) is 56.3 Å². The van der Waals surface area contributed by atoms with E-state index in [1.807, 2.05) is 4.90 Å². The summed E-state index contributed by atoms with van der Waals surface area (Å²) in [4.78, 5) is 26.2. The van der Waals surface area contributed by atoms with Crippen molar-refractivity contribution in [2.75, 3.05) is 43.4 Å². The fourth-order valence-corrected chi connectivity index (χ4v) is 9.63. The van der Waals surface area contributed by atoms with Crippen LogP contribution < -0.4 is 15.4 Å². The van der Waals surface area contributed by atoms with Crippen molar-refractivity contribution in [2.24, 2.45) is 0 Å². The van der Waals surface area contributed by atoms with Crippen LogP contribution in [0.3, 0.4) is 0 Å². The molecule has 2 N–H and O–H groups in total. The predicted molar refractivity (Wildman–Crippen MR) is 184 cm³/mol. The highest BCUT2D eigenvalue weighted by Gasteiger charge is 2.50. The summed E-state index contributed by atoms with van der Waals surface area (Å²) in [5.74, 6) is -1.42. The highest BCUT2D eigenvalue weighted by Crippen LogP contribution is 2.53. The molecule has 1 amide bonds. The molecule has 3 aliphatic heterocycles. The van der Waals surface area contributed by atoms with Gasteiger partial charge in [-0.15, -0.1) is 11.3 Å². The van der Waals surface area contributed by atoms with Crippen molar-refractivity contribution in [2.45, 2.75) is 81.6 Å². The number of fused-ring (bicyclic) bond motifs is 3. The summed E-state index contributed by atoms with van der Waals surface area (Å²) >= 11 is 0.537. The quantitative estimate of drug-likeness (QED) is 0.190. The number of halogens is 8. The van der Waals surface area contributed by atoms with Crippen molar-refractivity contribution >= 4 is 49.1 Å². The minimum Gasteiger partial charge on any atom is -0.461 e. The van der Waals surface area contributed by atoms with E-state index >= 15 is 30.7 Å². The van der Waals surface area contributed by atoms with Crippen molar-refractivity contribution < 1.29 is 44.7 Å². The number of aromatic nitrogens is 2. The highest BCUT2D eigenvalue weighted by atomic mass is 32.1. The molecule has 286 valence electrons. The number of likely N-dealkylation sites (tertiary alicyclic amines) is 1. The Morgan fingerprint density at radius 2 is 1.87 bits per heavy atom. The summed E-state index contributed by atoms with van der Waals surface area (Å²) in [7, 11) is 0. The zero-order chi connectivity index (χ0) is 38.5. The van der Waals surface area contributed by atoms with E-state index in [4.69, 9.17) is 10.5 Å². The van der Waals surface area contributed by atoms with Crippen molar-refractivity contribution in [1.82, 2.24) is 19.8 Å². The Bertz CT molecular complexity index is 2230. The summed E-state index contributed by atoms with van der Waals surface area (Å²) in [6.07, 6.45) is -9.07.